The van der Waals surface area contributed by atoms with Gasteiger partial charge in [0, 0.05) is 18.8 Å². The quantitative estimate of drug-likeness (QED) is 0.587. The van der Waals surface area contributed by atoms with Crippen molar-refractivity contribution in [2.45, 2.75) is 39.4 Å². The zero-order valence-corrected chi connectivity index (χ0v) is 17.2. The van der Waals surface area contributed by atoms with Crippen LogP contribution in [0.3, 0.4) is 0 Å². The van der Waals surface area contributed by atoms with Crippen LogP contribution in [0.4, 0.5) is 5.69 Å². The summed E-state index contributed by atoms with van der Waals surface area (Å²) in [7, 11) is 1.94. The van der Waals surface area contributed by atoms with Crippen molar-refractivity contribution in [1.29, 1.82) is 5.26 Å². The molecule has 150 valence electrons. The Morgan fingerprint density at radius 2 is 1.86 bits per heavy atom. The molecule has 0 bridgehead atoms. The monoisotopic (exact) mass is 389 g/mol. The predicted octanol–water partition coefficient (Wildman–Crippen LogP) is 3.82. The van der Waals surface area contributed by atoms with E-state index in [2.05, 4.69) is 23.6 Å². The molecule has 1 aromatic heterocycles. The second kappa shape index (κ2) is 9.35. The first-order valence-electron chi connectivity index (χ1n) is 9.94. The summed E-state index contributed by atoms with van der Waals surface area (Å²) in [5, 5.41) is 9.00. The summed E-state index contributed by atoms with van der Waals surface area (Å²) in [5.74, 6) is 0.923. The molecule has 6 nitrogen and oxygen atoms in total. The van der Waals surface area contributed by atoms with Crippen LogP contribution in [0, 0.1) is 11.3 Å². The van der Waals surface area contributed by atoms with E-state index in [9.17, 15) is 4.79 Å². The molecule has 0 radical (unpaired) electrons. The number of aryl methyl sites for hydroxylation is 1. The minimum Gasteiger partial charge on any atom is -0.327 e. The van der Waals surface area contributed by atoms with Gasteiger partial charge >= 0.3 is 0 Å². The lowest BCUT2D eigenvalue weighted by Crippen LogP contribution is -2.46. The Bertz CT molecular complexity index is 1010. The first kappa shape index (κ1) is 20.6. The minimum absolute atomic E-state index is 0.0203. The summed E-state index contributed by atoms with van der Waals surface area (Å²) in [6.45, 7) is 5.78. The summed E-state index contributed by atoms with van der Waals surface area (Å²) in [6, 6.07) is 19.4. The number of hydrogen-bond donors (Lipinski definition) is 0. The second-order valence-electron chi connectivity index (χ2n) is 7.09. The number of amides is 1. The van der Waals surface area contributed by atoms with Gasteiger partial charge in [0.25, 0.3) is 0 Å². The number of nitrogens with zero attached hydrogens (tertiary/aromatic N) is 5. The van der Waals surface area contributed by atoms with Crippen molar-refractivity contribution < 1.29 is 4.79 Å². The fourth-order valence-corrected chi connectivity index (χ4v) is 3.51. The summed E-state index contributed by atoms with van der Waals surface area (Å²) >= 11 is 0. The number of benzene rings is 2. The molecule has 0 saturated carbocycles. The smallest absolute Gasteiger partial charge is 0.244 e. The molecule has 1 unspecified atom stereocenters. The number of nitriles is 1. The zero-order chi connectivity index (χ0) is 20.8. The number of aromatic nitrogens is 2. The van der Waals surface area contributed by atoms with E-state index < -0.39 is 0 Å². The lowest BCUT2D eigenvalue weighted by molar-refractivity contribution is -0.123. The topological polar surface area (TPSA) is 65.2 Å². The Labute approximate surface area is 172 Å². The van der Waals surface area contributed by atoms with E-state index in [0.717, 1.165) is 29.1 Å². The average Bonchev–Trinajstić information content (AvgIpc) is 3.10. The van der Waals surface area contributed by atoms with E-state index in [1.807, 2.05) is 67.4 Å². The number of rotatable bonds is 8. The van der Waals surface area contributed by atoms with E-state index in [-0.39, 0.29) is 11.9 Å². The number of imidazole rings is 1. The highest BCUT2D eigenvalue weighted by molar-refractivity contribution is 5.96. The van der Waals surface area contributed by atoms with Crippen LogP contribution in [0.5, 0.6) is 0 Å². The van der Waals surface area contributed by atoms with Gasteiger partial charge in [-0.05, 0) is 45.2 Å². The third kappa shape index (κ3) is 4.47. The average molecular weight is 390 g/mol. The number of hydrogen-bond acceptors (Lipinski definition) is 4. The Kier molecular flexibility index (Phi) is 6.63. The second-order valence-corrected chi connectivity index (χ2v) is 7.09. The van der Waals surface area contributed by atoms with Gasteiger partial charge in [0.05, 0.1) is 36.1 Å². The maximum Gasteiger partial charge on any atom is 0.244 e. The Balaban J connectivity index is 1.80. The van der Waals surface area contributed by atoms with Gasteiger partial charge in [-0.25, -0.2) is 4.98 Å². The van der Waals surface area contributed by atoms with Crippen molar-refractivity contribution in [3.8, 4) is 6.07 Å². The van der Waals surface area contributed by atoms with Crippen molar-refractivity contribution in [2.75, 3.05) is 18.5 Å². The van der Waals surface area contributed by atoms with E-state index >= 15 is 0 Å². The van der Waals surface area contributed by atoms with Crippen molar-refractivity contribution in [2.24, 2.45) is 0 Å². The summed E-state index contributed by atoms with van der Waals surface area (Å²) in [6.07, 6.45) is 0.294. The molecular formula is C23H27N5O. The molecule has 0 aliphatic carbocycles. The van der Waals surface area contributed by atoms with Gasteiger partial charge in [-0.15, -0.1) is 0 Å². The number of para-hydroxylation sites is 3. The van der Waals surface area contributed by atoms with Crippen molar-refractivity contribution in [3.63, 3.8) is 0 Å². The van der Waals surface area contributed by atoms with E-state index in [0.29, 0.717) is 19.5 Å². The van der Waals surface area contributed by atoms with Crippen LogP contribution in [-0.4, -0.2) is 40.0 Å². The normalized spacial score (nSPS) is 12.1. The molecule has 0 aliphatic rings. The van der Waals surface area contributed by atoms with Crippen LogP contribution >= 0.6 is 0 Å². The Morgan fingerprint density at radius 3 is 2.55 bits per heavy atom. The third-order valence-corrected chi connectivity index (χ3v) is 5.24. The summed E-state index contributed by atoms with van der Waals surface area (Å²) in [5.41, 5.74) is 2.89. The molecule has 6 heteroatoms. The number of carbonyl (C=O) groups is 1. The predicted molar refractivity (Wildman–Crippen MR) is 115 cm³/mol. The van der Waals surface area contributed by atoms with Gasteiger partial charge < -0.3 is 9.47 Å². The number of anilines is 1. The minimum atomic E-state index is -0.348. The fourth-order valence-electron chi connectivity index (χ4n) is 3.51. The fraction of sp³-hybridized carbons (Fsp3) is 0.348. The number of carbonyl (C=O) groups excluding carboxylic acids is 1. The molecule has 3 aromatic rings. The molecule has 0 saturated heterocycles. The summed E-state index contributed by atoms with van der Waals surface area (Å²) in [4.78, 5) is 21.7. The first-order chi connectivity index (χ1) is 14.1. The van der Waals surface area contributed by atoms with Gasteiger partial charge in [0.1, 0.15) is 5.82 Å². The van der Waals surface area contributed by atoms with E-state index in [1.165, 1.54) is 0 Å². The lowest BCUT2D eigenvalue weighted by Gasteiger charge is -2.30. The maximum absolute atomic E-state index is 13.3. The Hall–Kier alpha value is -3.17. The highest BCUT2D eigenvalue weighted by Crippen LogP contribution is 2.20. The zero-order valence-electron chi connectivity index (χ0n) is 17.2. The molecule has 0 aliphatic heterocycles. The van der Waals surface area contributed by atoms with Gasteiger partial charge in [-0.1, -0.05) is 30.3 Å². The molecule has 2 aromatic carbocycles. The SMILES string of the molecule is CCn1c(CN(C)C(C)C(=O)N(CCC#N)c2ccccc2)nc2ccccc21. The maximum atomic E-state index is 13.3. The van der Waals surface area contributed by atoms with Crippen LogP contribution in [0.2, 0.25) is 0 Å². The molecule has 0 spiro atoms. The van der Waals surface area contributed by atoms with E-state index in [4.69, 9.17) is 10.2 Å². The van der Waals surface area contributed by atoms with Gasteiger partial charge in [0.15, 0.2) is 0 Å². The third-order valence-electron chi connectivity index (χ3n) is 5.24. The molecule has 3 rings (SSSR count). The van der Waals surface area contributed by atoms with Crippen LogP contribution < -0.4 is 4.90 Å². The summed E-state index contributed by atoms with van der Waals surface area (Å²) < 4.78 is 2.19. The van der Waals surface area contributed by atoms with Gasteiger partial charge in [0.2, 0.25) is 5.91 Å². The van der Waals surface area contributed by atoms with E-state index in [1.54, 1.807) is 4.90 Å². The highest BCUT2D eigenvalue weighted by atomic mass is 16.2. The standard InChI is InChI=1S/C23H27N5O/c1-4-27-21-14-9-8-13-20(21)25-22(27)17-26(3)18(2)23(29)28(16-10-15-24)19-11-6-5-7-12-19/h5-9,11-14,18H,4,10,16-17H2,1-3H3. The largest absolute Gasteiger partial charge is 0.327 e. The van der Waals surface area contributed by atoms with Crippen LogP contribution in [0.15, 0.2) is 54.6 Å². The van der Waals surface area contributed by atoms with Crippen molar-refractivity contribution in [1.82, 2.24) is 14.5 Å². The molecule has 1 atom stereocenters. The first-order valence-corrected chi connectivity index (χ1v) is 9.94. The number of likely N-dealkylation sites (N-methyl/N-ethyl adjacent to an activating group) is 1. The lowest BCUT2D eigenvalue weighted by atomic mass is 10.2. The van der Waals surface area contributed by atoms with Crippen LogP contribution in [-0.2, 0) is 17.9 Å². The van der Waals surface area contributed by atoms with Crippen molar-refractivity contribution in [3.05, 3.63) is 60.4 Å². The molecule has 1 amide bonds. The molecule has 0 fully saturated rings. The van der Waals surface area contributed by atoms with Crippen LogP contribution in [0.25, 0.3) is 11.0 Å². The molecular weight excluding hydrogens is 362 g/mol. The molecule has 0 N–H and O–H groups in total. The number of fused-ring (bicyclic) bond motifs is 1. The van der Waals surface area contributed by atoms with Gasteiger partial charge in [-0.3, -0.25) is 9.69 Å². The molecule has 1 heterocycles. The Morgan fingerprint density at radius 1 is 1.17 bits per heavy atom. The highest BCUT2D eigenvalue weighted by Gasteiger charge is 2.26. The van der Waals surface area contributed by atoms with Gasteiger partial charge in [-0.2, -0.15) is 5.26 Å². The van der Waals surface area contributed by atoms with Crippen LogP contribution in [0.1, 0.15) is 26.1 Å². The van der Waals surface area contributed by atoms with Crippen molar-refractivity contribution >= 4 is 22.6 Å². The molecule has 29 heavy (non-hydrogen) atoms.